The molecule has 2 unspecified atom stereocenters. The van der Waals surface area contributed by atoms with E-state index >= 15 is 0 Å². The highest BCUT2D eigenvalue weighted by atomic mass is 35.5. The van der Waals surface area contributed by atoms with Crippen LogP contribution in [0, 0.1) is 5.82 Å². The SMILES string of the molecule is CCOc1c(C(C)CS(=O)(=O)O)cc(Cl)c(F)c1C1CNC(=O)C1. The van der Waals surface area contributed by atoms with Gasteiger partial charge in [0, 0.05) is 35.9 Å². The van der Waals surface area contributed by atoms with Crippen LogP contribution >= 0.6 is 11.6 Å². The van der Waals surface area contributed by atoms with E-state index in [9.17, 15) is 17.6 Å². The van der Waals surface area contributed by atoms with Crippen molar-refractivity contribution in [1.29, 1.82) is 0 Å². The highest BCUT2D eigenvalue weighted by Crippen LogP contribution is 2.42. The van der Waals surface area contributed by atoms with Gasteiger partial charge in [0.05, 0.1) is 17.4 Å². The fourth-order valence-corrected chi connectivity index (χ4v) is 3.93. The predicted molar refractivity (Wildman–Crippen MR) is 87.8 cm³/mol. The molecule has 134 valence electrons. The van der Waals surface area contributed by atoms with Crippen LogP contribution in [0.5, 0.6) is 5.75 Å². The molecule has 2 N–H and O–H groups in total. The van der Waals surface area contributed by atoms with Crippen molar-refractivity contribution in [2.24, 2.45) is 0 Å². The van der Waals surface area contributed by atoms with Crippen molar-refractivity contribution in [3.8, 4) is 5.75 Å². The number of nitrogens with one attached hydrogen (secondary N) is 1. The molecule has 1 heterocycles. The Hall–Kier alpha value is -1.38. The fourth-order valence-electron chi connectivity index (χ4n) is 2.90. The first-order valence-corrected chi connectivity index (χ1v) is 9.49. The van der Waals surface area contributed by atoms with E-state index in [1.165, 1.54) is 6.07 Å². The quantitative estimate of drug-likeness (QED) is 0.741. The summed E-state index contributed by atoms with van der Waals surface area (Å²) in [6, 6.07) is 1.31. The second-order valence-electron chi connectivity index (χ2n) is 5.79. The molecule has 2 rings (SSSR count). The van der Waals surface area contributed by atoms with E-state index in [0.29, 0.717) is 5.56 Å². The van der Waals surface area contributed by atoms with Crippen LogP contribution in [0.1, 0.15) is 43.2 Å². The number of rotatable bonds is 6. The molecule has 0 bridgehead atoms. The minimum atomic E-state index is -4.23. The molecular weight excluding hydrogens is 361 g/mol. The second-order valence-corrected chi connectivity index (χ2v) is 7.70. The number of hydrogen-bond acceptors (Lipinski definition) is 4. The standard InChI is InChI=1S/C15H19ClFNO5S/c1-3-23-15-10(8(2)7-24(20,21)22)5-11(16)14(17)13(15)9-4-12(19)18-6-9/h5,8-9H,3-4,6-7H2,1-2H3,(H,18,19)(H,20,21,22). The van der Waals surface area contributed by atoms with E-state index in [2.05, 4.69) is 5.32 Å². The minimum absolute atomic E-state index is 0.101. The third-order valence-corrected chi connectivity index (χ3v) is 5.10. The van der Waals surface area contributed by atoms with Gasteiger partial charge in [-0.2, -0.15) is 8.42 Å². The Kier molecular flexibility index (Phi) is 5.72. The topological polar surface area (TPSA) is 92.7 Å². The van der Waals surface area contributed by atoms with Gasteiger partial charge in [-0.05, 0) is 13.0 Å². The molecule has 1 aromatic carbocycles. The van der Waals surface area contributed by atoms with Gasteiger partial charge in [-0.25, -0.2) is 4.39 Å². The van der Waals surface area contributed by atoms with Gasteiger partial charge in [0.15, 0.2) is 0 Å². The number of ether oxygens (including phenoxy) is 1. The van der Waals surface area contributed by atoms with Crippen LogP contribution < -0.4 is 10.1 Å². The lowest BCUT2D eigenvalue weighted by molar-refractivity contribution is -0.119. The van der Waals surface area contributed by atoms with Crippen molar-refractivity contribution in [2.45, 2.75) is 32.1 Å². The zero-order valence-electron chi connectivity index (χ0n) is 13.3. The summed E-state index contributed by atoms with van der Waals surface area (Å²) in [6.07, 6.45) is 0.101. The van der Waals surface area contributed by atoms with E-state index < -0.39 is 33.5 Å². The molecule has 0 aliphatic carbocycles. The molecule has 1 saturated heterocycles. The summed E-state index contributed by atoms with van der Waals surface area (Å²) in [4.78, 5) is 11.5. The summed E-state index contributed by atoms with van der Waals surface area (Å²) in [6.45, 7) is 3.77. The third-order valence-electron chi connectivity index (χ3n) is 3.90. The summed E-state index contributed by atoms with van der Waals surface area (Å²) < 4.78 is 51.6. The lowest BCUT2D eigenvalue weighted by Crippen LogP contribution is -2.16. The molecule has 1 aromatic rings. The smallest absolute Gasteiger partial charge is 0.265 e. The van der Waals surface area contributed by atoms with Gasteiger partial charge in [0.25, 0.3) is 10.1 Å². The normalized spacial score (nSPS) is 19.2. The average Bonchev–Trinajstić information content (AvgIpc) is 2.87. The van der Waals surface area contributed by atoms with Gasteiger partial charge in [0.1, 0.15) is 11.6 Å². The summed E-state index contributed by atoms with van der Waals surface area (Å²) >= 11 is 5.97. The first kappa shape index (κ1) is 19.0. The maximum Gasteiger partial charge on any atom is 0.265 e. The third kappa shape index (κ3) is 4.17. The average molecular weight is 380 g/mol. The Morgan fingerprint density at radius 3 is 2.71 bits per heavy atom. The molecule has 1 aliphatic heterocycles. The van der Waals surface area contributed by atoms with E-state index in [-0.39, 0.29) is 41.8 Å². The van der Waals surface area contributed by atoms with E-state index in [1.807, 2.05) is 0 Å². The van der Waals surface area contributed by atoms with E-state index in [4.69, 9.17) is 20.9 Å². The molecule has 2 atom stereocenters. The van der Waals surface area contributed by atoms with Gasteiger partial charge < -0.3 is 10.1 Å². The van der Waals surface area contributed by atoms with Crippen LogP contribution in [0.4, 0.5) is 4.39 Å². The number of amides is 1. The van der Waals surface area contributed by atoms with Crippen molar-refractivity contribution in [2.75, 3.05) is 18.9 Å². The zero-order valence-corrected chi connectivity index (χ0v) is 14.9. The Morgan fingerprint density at radius 1 is 1.54 bits per heavy atom. The van der Waals surface area contributed by atoms with Crippen LogP contribution in [-0.2, 0) is 14.9 Å². The van der Waals surface area contributed by atoms with E-state index in [1.54, 1.807) is 13.8 Å². The summed E-state index contributed by atoms with van der Waals surface area (Å²) in [7, 11) is -4.23. The molecule has 1 amide bonds. The fraction of sp³-hybridized carbons (Fsp3) is 0.533. The predicted octanol–water partition coefficient (Wildman–Crippen LogP) is 2.47. The molecule has 24 heavy (non-hydrogen) atoms. The number of carbonyl (C=O) groups excluding carboxylic acids is 1. The van der Waals surface area contributed by atoms with Gasteiger partial charge in [0.2, 0.25) is 5.91 Å². The number of benzene rings is 1. The van der Waals surface area contributed by atoms with Crippen LogP contribution in [-0.4, -0.2) is 37.8 Å². The Balaban J connectivity index is 2.58. The molecule has 6 nitrogen and oxygen atoms in total. The van der Waals surface area contributed by atoms with Crippen molar-refractivity contribution >= 4 is 27.6 Å². The first-order valence-electron chi connectivity index (χ1n) is 7.50. The summed E-state index contributed by atoms with van der Waals surface area (Å²) in [5, 5.41) is 2.45. The van der Waals surface area contributed by atoms with Crippen LogP contribution in [0.2, 0.25) is 5.02 Å². The Morgan fingerprint density at radius 2 is 2.21 bits per heavy atom. The molecule has 0 spiro atoms. The molecule has 9 heteroatoms. The molecule has 1 aliphatic rings. The maximum absolute atomic E-state index is 14.6. The van der Waals surface area contributed by atoms with Crippen molar-refractivity contribution in [1.82, 2.24) is 5.32 Å². The Bertz CT molecular complexity index is 753. The lowest BCUT2D eigenvalue weighted by atomic mass is 9.91. The number of hydrogen-bond donors (Lipinski definition) is 2. The monoisotopic (exact) mass is 379 g/mol. The van der Waals surface area contributed by atoms with Crippen molar-refractivity contribution < 1.29 is 26.9 Å². The molecule has 0 saturated carbocycles. The first-order chi connectivity index (χ1) is 11.1. The zero-order chi connectivity index (χ0) is 18.1. The van der Waals surface area contributed by atoms with Gasteiger partial charge in [-0.3, -0.25) is 9.35 Å². The van der Waals surface area contributed by atoms with Gasteiger partial charge >= 0.3 is 0 Å². The number of halogens is 2. The van der Waals surface area contributed by atoms with Crippen molar-refractivity contribution in [3.63, 3.8) is 0 Å². The van der Waals surface area contributed by atoms with Crippen LogP contribution in [0.25, 0.3) is 0 Å². The van der Waals surface area contributed by atoms with Gasteiger partial charge in [-0.15, -0.1) is 0 Å². The highest BCUT2D eigenvalue weighted by Gasteiger charge is 2.32. The Labute approximate surface area is 145 Å². The van der Waals surface area contributed by atoms with Crippen LogP contribution in [0.15, 0.2) is 6.07 Å². The minimum Gasteiger partial charge on any atom is -0.493 e. The molecule has 0 aromatic heterocycles. The van der Waals surface area contributed by atoms with Gasteiger partial charge in [-0.1, -0.05) is 18.5 Å². The molecule has 1 fully saturated rings. The summed E-state index contributed by atoms with van der Waals surface area (Å²) in [5.41, 5.74) is 0.551. The molecular formula is C15H19ClFNO5S. The lowest BCUT2D eigenvalue weighted by Gasteiger charge is -2.22. The largest absolute Gasteiger partial charge is 0.493 e. The van der Waals surface area contributed by atoms with E-state index in [0.717, 1.165) is 0 Å². The highest BCUT2D eigenvalue weighted by molar-refractivity contribution is 7.85. The summed E-state index contributed by atoms with van der Waals surface area (Å²) in [5.74, 6) is -2.34. The van der Waals surface area contributed by atoms with Crippen molar-refractivity contribution in [3.05, 3.63) is 28.0 Å². The second kappa shape index (κ2) is 7.25. The van der Waals surface area contributed by atoms with Crippen LogP contribution in [0.3, 0.4) is 0 Å². The molecule has 0 radical (unpaired) electrons. The number of carbonyl (C=O) groups is 1. The maximum atomic E-state index is 14.6.